The van der Waals surface area contributed by atoms with E-state index in [0.717, 1.165) is 6.07 Å². The Morgan fingerprint density at radius 3 is 2.31 bits per heavy atom. The van der Waals surface area contributed by atoms with Gasteiger partial charge in [0.15, 0.2) is 0 Å². The summed E-state index contributed by atoms with van der Waals surface area (Å²) >= 11 is 2.92. The summed E-state index contributed by atoms with van der Waals surface area (Å²) in [5.41, 5.74) is -0.700. The molecule has 1 N–H and O–H groups in total. The molecule has 0 saturated carbocycles. The van der Waals surface area contributed by atoms with Gasteiger partial charge in [-0.1, -0.05) is 26.6 Å². The van der Waals surface area contributed by atoms with E-state index >= 15 is 0 Å². The normalized spacial score (nSPS) is 10.1. The maximum absolute atomic E-state index is 12.2. The van der Waals surface area contributed by atoms with Crippen molar-refractivity contribution in [2.24, 2.45) is 0 Å². The molecule has 1 rings (SSSR count). The van der Waals surface area contributed by atoms with Crippen LogP contribution in [-0.4, -0.2) is 10.7 Å². The fourth-order valence-electron chi connectivity index (χ4n) is 0.805. The number of hydrogen-bond donors (Lipinski definition) is 1. The van der Waals surface area contributed by atoms with Gasteiger partial charge in [0.25, 0.3) is 0 Å². The van der Waals surface area contributed by atoms with Gasteiger partial charge in [0, 0.05) is 0 Å². The van der Waals surface area contributed by atoms with Crippen molar-refractivity contribution in [3.05, 3.63) is 35.4 Å². The molecule has 0 atom stereocenters. The zero-order valence-corrected chi connectivity index (χ0v) is 14.3. The first-order chi connectivity index (χ1) is 6.32. The number of alkyl halides is 3. The van der Waals surface area contributed by atoms with Gasteiger partial charge in [-0.2, -0.15) is 13.2 Å². The van der Waals surface area contributed by atoms with Crippen LogP contribution in [0.1, 0.15) is 18.2 Å². The molecule has 0 saturated heterocycles. The SMILES string of the molecule is CC(=N)c1n[c-]c(C(F)(F)F)cc1Br.[CH3-].[U+2]. The smallest absolute Gasteiger partial charge is 0.383 e. The Morgan fingerprint density at radius 1 is 1.50 bits per heavy atom. The van der Waals surface area contributed by atoms with Crippen molar-refractivity contribution in [3.63, 3.8) is 0 Å². The summed E-state index contributed by atoms with van der Waals surface area (Å²) in [4.78, 5) is 3.43. The van der Waals surface area contributed by atoms with Crippen LogP contribution < -0.4 is 0 Å². The summed E-state index contributed by atoms with van der Waals surface area (Å²) in [7, 11) is 0. The molecule has 0 aliphatic rings. The van der Waals surface area contributed by atoms with Gasteiger partial charge in [0.05, 0.1) is 0 Å². The average Bonchev–Trinajstić information content (AvgIpc) is 2.01. The van der Waals surface area contributed by atoms with Gasteiger partial charge in [-0.15, -0.1) is 6.07 Å². The van der Waals surface area contributed by atoms with E-state index in [4.69, 9.17) is 5.41 Å². The summed E-state index contributed by atoms with van der Waals surface area (Å²) in [5.74, 6) is 0. The van der Waals surface area contributed by atoms with E-state index in [-0.39, 0.29) is 54.4 Å². The van der Waals surface area contributed by atoms with Crippen LogP contribution in [0.2, 0.25) is 0 Å². The van der Waals surface area contributed by atoms with Crippen molar-refractivity contribution < 1.29 is 44.3 Å². The summed E-state index contributed by atoms with van der Waals surface area (Å²) in [6.07, 6.45) is -2.60. The molecule has 0 spiro atoms. The van der Waals surface area contributed by atoms with E-state index in [9.17, 15) is 13.2 Å². The minimum atomic E-state index is -4.45. The Hall–Kier alpha value is 0.142. The summed E-state index contributed by atoms with van der Waals surface area (Å²) in [6.45, 7) is 1.44. The van der Waals surface area contributed by atoms with E-state index in [1.54, 1.807) is 0 Å². The first kappa shape index (κ1) is 18.5. The standard InChI is InChI=1S/C8H5BrF3N2.CH3.U/c1-4(13)7-6(9)2-5(3-14-7)8(10,11)12;;/h2,13H,1H3;1H3;/q2*-1;+2. The number of aromatic nitrogens is 1. The van der Waals surface area contributed by atoms with Crippen LogP contribution in [-0.2, 0) is 6.18 Å². The molecule has 1 aromatic rings. The van der Waals surface area contributed by atoms with Gasteiger partial charge in [-0.25, -0.2) is 0 Å². The maximum atomic E-state index is 12.2. The Bertz CT molecular complexity index is 380. The Labute approximate surface area is 124 Å². The van der Waals surface area contributed by atoms with Gasteiger partial charge in [0.1, 0.15) is 0 Å². The number of hydrogen-bond acceptors (Lipinski definition) is 2. The molecule has 0 radical (unpaired) electrons. The van der Waals surface area contributed by atoms with E-state index < -0.39 is 11.7 Å². The van der Waals surface area contributed by atoms with Crippen LogP contribution in [0, 0.1) is 50.1 Å². The first-order valence-electron chi connectivity index (χ1n) is 3.53. The van der Waals surface area contributed by atoms with Crippen molar-refractivity contribution in [3.8, 4) is 0 Å². The van der Waals surface area contributed by atoms with Crippen molar-refractivity contribution in [2.75, 3.05) is 0 Å². The molecule has 7 heteroatoms. The molecular formula is C9H8BrF3N2U. The molecule has 0 bridgehead atoms. The molecule has 16 heavy (non-hydrogen) atoms. The predicted octanol–water partition coefficient (Wildman–Crippen LogP) is 3.50. The summed E-state index contributed by atoms with van der Waals surface area (Å²) < 4.78 is 36.6. The van der Waals surface area contributed by atoms with Crippen molar-refractivity contribution in [1.82, 2.24) is 4.98 Å². The fraction of sp³-hybridized carbons (Fsp3) is 0.222. The van der Waals surface area contributed by atoms with E-state index in [1.807, 2.05) is 6.20 Å². The van der Waals surface area contributed by atoms with Gasteiger partial charge < -0.3 is 17.8 Å². The number of rotatable bonds is 1. The molecule has 0 aliphatic carbocycles. The molecule has 2 nitrogen and oxygen atoms in total. The molecule has 1 heterocycles. The van der Waals surface area contributed by atoms with Gasteiger partial charge in [0.2, 0.25) is 0 Å². The molecule has 0 aliphatic heterocycles. The Morgan fingerprint density at radius 2 is 2.00 bits per heavy atom. The minimum absolute atomic E-state index is 0. The zero-order valence-electron chi connectivity index (χ0n) is 8.54. The largest absolute Gasteiger partial charge is 2.00 e. The second kappa shape index (κ2) is 6.78. The molecule has 0 amide bonds. The average molecular weight is 519 g/mol. The third-order valence-corrected chi connectivity index (χ3v) is 2.05. The summed E-state index contributed by atoms with van der Waals surface area (Å²) in [5, 5.41) is 7.21. The van der Waals surface area contributed by atoms with Crippen LogP contribution >= 0.6 is 15.9 Å². The monoisotopic (exact) mass is 518 g/mol. The van der Waals surface area contributed by atoms with Crippen LogP contribution in [0.25, 0.3) is 0 Å². The molecule has 0 aromatic carbocycles. The molecule has 1 aromatic heterocycles. The van der Waals surface area contributed by atoms with Gasteiger partial charge >= 0.3 is 37.3 Å². The van der Waals surface area contributed by atoms with Crippen LogP contribution in [0.4, 0.5) is 13.2 Å². The zero-order chi connectivity index (χ0) is 10.9. The summed E-state index contributed by atoms with van der Waals surface area (Å²) in [6, 6.07) is 0.861. The van der Waals surface area contributed by atoms with Gasteiger partial charge in [-0.3, -0.25) is 0 Å². The second-order valence-electron chi connectivity index (χ2n) is 2.60. The molecule has 0 fully saturated rings. The number of pyridine rings is 1. The van der Waals surface area contributed by atoms with Crippen LogP contribution in [0.15, 0.2) is 10.5 Å². The van der Waals surface area contributed by atoms with Crippen LogP contribution in [0.5, 0.6) is 0 Å². The third kappa shape index (κ3) is 4.56. The molecule has 86 valence electrons. The number of nitrogens with zero attached hydrogens (tertiary/aromatic N) is 1. The van der Waals surface area contributed by atoms with Crippen LogP contribution in [0.3, 0.4) is 0 Å². The van der Waals surface area contributed by atoms with Crippen molar-refractivity contribution in [1.29, 1.82) is 5.41 Å². The Kier molecular flexibility index (Phi) is 7.84. The topological polar surface area (TPSA) is 36.7 Å². The van der Waals surface area contributed by atoms with E-state index in [0.29, 0.717) is 0 Å². The minimum Gasteiger partial charge on any atom is -0.383 e. The third-order valence-electron chi connectivity index (χ3n) is 1.45. The van der Waals surface area contributed by atoms with Gasteiger partial charge in [-0.05, 0) is 23.9 Å². The van der Waals surface area contributed by atoms with Crippen molar-refractivity contribution >= 4 is 21.6 Å². The molecule has 0 unspecified atom stereocenters. The van der Waals surface area contributed by atoms with E-state index in [1.165, 1.54) is 6.92 Å². The predicted molar refractivity (Wildman–Crippen MR) is 54.7 cm³/mol. The number of nitrogens with one attached hydrogen (secondary N) is 1. The fourth-order valence-corrected chi connectivity index (χ4v) is 1.42. The van der Waals surface area contributed by atoms with Crippen molar-refractivity contribution in [2.45, 2.75) is 13.1 Å². The number of halogens is 4. The quantitative estimate of drug-likeness (QED) is 0.448. The van der Waals surface area contributed by atoms with E-state index in [2.05, 4.69) is 20.9 Å². The molecular weight excluding hydrogens is 511 g/mol. The Balaban J connectivity index is 0. The maximum Gasteiger partial charge on any atom is 2.00 e. The second-order valence-corrected chi connectivity index (χ2v) is 3.46. The first-order valence-corrected chi connectivity index (χ1v) is 4.32.